The highest BCUT2D eigenvalue weighted by molar-refractivity contribution is 7.10. The summed E-state index contributed by atoms with van der Waals surface area (Å²) >= 11 is 1.78. The Morgan fingerprint density at radius 2 is 2.21 bits per heavy atom. The first-order chi connectivity index (χ1) is 11.7. The molecule has 2 N–H and O–H groups in total. The maximum atomic E-state index is 12.5. The number of ether oxygens (including phenoxy) is 2. The normalized spacial score (nSPS) is 19.9. The fourth-order valence-electron chi connectivity index (χ4n) is 3.26. The van der Waals surface area contributed by atoms with Gasteiger partial charge in [-0.15, -0.1) is 11.3 Å². The van der Waals surface area contributed by atoms with Crippen LogP contribution in [0.25, 0.3) is 0 Å². The molecule has 1 saturated heterocycles. The van der Waals surface area contributed by atoms with Crippen molar-refractivity contribution in [3.63, 3.8) is 0 Å². The predicted molar refractivity (Wildman–Crippen MR) is 95.2 cm³/mol. The van der Waals surface area contributed by atoms with E-state index in [9.17, 15) is 4.79 Å². The number of likely N-dealkylation sites (tertiary alicyclic amines) is 1. The summed E-state index contributed by atoms with van der Waals surface area (Å²) in [5, 5.41) is 5.07. The van der Waals surface area contributed by atoms with Crippen LogP contribution >= 0.6 is 11.3 Å². The molecular formula is C18H23N2O3S+. The quantitative estimate of drug-likeness (QED) is 0.842. The Labute approximate surface area is 146 Å². The zero-order valence-electron chi connectivity index (χ0n) is 14.0. The second kappa shape index (κ2) is 7.68. The highest BCUT2D eigenvalue weighted by Gasteiger charge is 2.32. The average Bonchev–Trinajstić information content (AvgIpc) is 3.26. The molecule has 3 rings (SSSR count). The fourth-order valence-corrected chi connectivity index (χ4v) is 4.18. The van der Waals surface area contributed by atoms with E-state index < -0.39 is 0 Å². The van der Waals surface area contributed by atoms with E-state index in [0.29, 0.717) is 29.8 Å². The number of anilines is 1. The summed E-state index contributed by atoms with van der Waals surface area (Å²) in [7, 11) is 3.19. The Hall–Kier alpha value is -2.05. The molecule has 1 unspecified atom stereocenters. The first-order valence-electron chi connectivity index (χ1n) is 8.11. The van der Waals surface area contributed by atoms with Crippen molar-refractivity contribution in [3.8, 4) is 11.5 Å². The molecule has 1 amide bonds. The van der Waals surface area contributed by atoms with Crippen molar-refractivity contribution in [2.24, 2.45) is 0 Å². The van der Waals surface area contributed by atoms with E-state index in [0.717, 1.165) is 19.4 Å². The number of hydrogen-bond donors (Lipinski definition) is 2. The van der Waals surface area contributed by atoms with Crippen LogP contribution < -0.4 is 19.7 Å². The van der Waals surface area contributed by atoms with Crippen LogP contribution in [0.4, 0.5) is 5.69 Å². The molecule has 0 aliphatic carbocycles. The molecule has 6 heteroatoms. The SMILES string of the molecule is COc1ccc(NC(=O)C[NH+]2CCC[C@@H]2c2cccs2)c(OC)c1. The first kappa shape index (κ1) is 16.8. The lowest BCUT2D eigenvalue weighted by molar-refractivity contribution is -0.910. The molecule has 1 aromatic carbocycles. The van der Waals surface area contributed by atoms with Gasteiger partial charge in [0.2, 0.25) is 0 Å². The highest BCUT2D eigenvalue weighted by atomic mass is 32.1. The van der Waals surface area contributed by atoms with Crippen molar-refractivity contribution in [3.05, 3.63) is 40.6 Å². The van der Waals surface area contributed by atoms with Gasteiger partial charge in [0.1, 0.15) is 17.5 Å². The molecule has 1 aliphatic heterocycles. The van der Waals surface area contributed by atoms with E-state index in [1.165, 1.54) is 9.78 Å². The van der Waals surface area contributed by atoms with Gasteiger partial charge < -0.3 is 19.7 Å². The number of nitrogens with one attached hydrogen (secondary N) is 2. The molecule has 2 heterocycles. The number of hydrogen-bond acceptors (Lipinski definition) is 4. The number of carbonyl (C=O) groups excluding carboxylic acids is 1. The van der Waals surface area contributed by atoms with Gasteiger partial charge in [-0.3, -0.25) is 4.79 Å². The van der Waals surface area contributed by atoms with Crippen molar-refractivity contribution in [2.45, 2.75) is 18.9 Å². The van der Waals surface area contributed by atoms with Gasteiger partial charge in [0, 0.05) is 18.9 Å². The van der Waals surface area contributed by atoms with Crippen molar-refractivity contribution in [1.29, 1.82) is 0 Å². The van der Waals surface area contributed by atoms with Gasteiger partial charge in [-0.1, -0.05) is 6.07 Å². The topological polar surface area (TPSA) is 52.0 Å². The minimum Gasteiger partial charge on any atom is -0.497 e. The molecule has 1 aliphatic rings. The number of quaternary nitrogens is 1. The summed E-state index contributed by atoms with van der Waals surface area (Å²) in [6.45, 7) is 1.51. The Morgan fingerprint density at radius 1 is 1.33 bits per heavy atom. The summed E-state index contributed by atoms with van der Waals surface area (Å²) in [6.07, 6.45) is 2.31. The van der Waals surface area contributed by atoms with E-state index in [1.54, 1.807) is 31.6 Å². The van der Waals surface area contributed by atoms with E-state index in [1.807, 2.05) is 12.1 Å². The van der Waals surface area contributed by atoms with E-state index in [2.05, 4.69) is 22.8 Å². The van der Waals surface area contributed by atoms with Gasteiger partial charge in [-0.25, -0.2) is 0 Å². The molecule has 24 heavy (non-hydrogen) atoms. The van der Waals surface area contributed by atoms with Gasteiger partial charge in [-0.05, 0) is 23.6 Å². The molecule has 128 valence electrons. The van der Waals surface area contributed by atoms with Gasteiger partial charge in [-0.2, -0.15) is 0 Å². The highest BCUT2D eigenvalue weighted by Crippen LogP contribution is 2.29. The van der Waals surface area contributed by atoms with Gasteiger partial charge in [0.15, 0.2) is 6.54 Å². The van der Waals surface area contributed by atoms with Crippen molar-refractivity contribution in [2.75, 3.05) is 32.6 Å². The average molecular weight is 347 g/mol. The number of methoxy groups -OCH3 is 2. The number of rotatable bonds is 6. The Morgan fingerprint density at radius 3 is 2.92 bits per heavy atom. The number of amides is 1. The van der Waals surface area contributed by atoms with Crippen LogP contribution in [-0.4, -0.2) is 33.2 Å². The van der Waals surface area contributed by atoms with E-state index >= 15 is 0 Å². The molecule has 0 radical (unpaired) electrons. The zero-order valence-corrected chi connectivity index (χ0v) is 14.8. The number of thiophene rings is 1. The maximum Gasteiger partial charge on any atom is 0.279 e. The Kier molecular flexibility index (Phi) is 5.37. The van der Waals surface area contributed by atoms with Gasteiger partial charge >= 0.3 is 0 Å². The third-order valence-electron chi connectivity index (χ3n) is 4.44. The van der Waals surface area contributed by atoms with Crippen LogP contribution in [0.2, 0.25) is 0 Å². The molecule has 1 fully saturated rings. The van der Waals surface area contributed by atoms with E-state index in [-0.39, 0.29) is 5.91 Å². The lowest BCUT2D eigenvalue weighted by atomic mass is 10.2. The second-order valence-corrected chi connectivity index (χ2v) is 6.89. The van der Waals surface area contributed by atoms with Crippen molar-refractivity contribution < 1.29 is 19.2 Å². The Balaban J connectivity index is 1.65. The molecule has 1 aromatic heterocycles. The van der Waals surface area contributed by atoms with Crippen LogP contribution in [-0.2, 0) is 4.79 Å². The molecule has 0 saturated carbocycles. The maximum absolute atomic E-state index is 12.5. The molecule has 2 atom stereocenters. The standard InChI is InChI=1S/C18H22N2O3S/c1-22-13-7-8-14(16(11-13)23-2)19-18(21)12-20-9-3-5-15(20)17-6-4-10-24-17/h4,6-8,10-11,15H,3,5,9,12H2,1-2H3,(H,19,21)/p+1/t15-/m1/s1. The summed E-state index contributed by atoms with van der Waals surface area (Å²) < 4.78 is 10.5. The first-order valence-corrected chi connectivity index (χ1v) is 8.99. The lowest BCUT2D eigenvalue weighted by Gasteiger charge is -2.20. The third kappa shape index (κ3) is 3.71. The van der Waals surface area contributed by atoms with Crippen LogP contribution in [0.5, 0.6) is 11.5 Å². The molecule has 5 nitrogen and oxygen atoms in total. The van der Waals surface area contributed by atoms with Gasteiger partial charge in [0.05, 0.1) is 31.3 Å². The molecule has 0 spiro atoms. The molecule has 0 bridgehead atoms. The number of benzene rings is 1. The summed E-state index contributed by atoms with van der Waals surface area (Å²) in [6, 6.07) is 10.1. The second-order valence-electron chi connectivity index (χ2n) is 5.91. The molecular weight excluding hydrogens is 324 g/mol. The zero-order chi connectivity index (χ0) is 16.9. The van der Waals surface area contributed by atoms with Crippen molar-refractivity contribution >= 4 is 22.9 Å². The lowest BCUT2D eigenvalue weighted by Crippen LogP contribution is -3.11. The monoisotopic (exact) mass is 347 g/mol. The third-order valence-corrected chi connectivity index (χ3v) is 5.43. The van der Waals surface area contributed by atoms with Crippen LogP contribution in [0.15, 0.2) is 35.7 Å². The van der Waals surface area contributed by atoms with Crippen LogP contribution in [0.1, 0.15) is 23.8 Å². The van der Waals surface area contributed by atoms with Crippen LogP contribution in [0, 0.1) is 0 Å². The largest absolute Gasteiger partial charge is 0.497 e. The smallest absolute Gasteiger partial charge is 0.279 e. The van der Waals surface area contributed by atoms with Crippen molar-refractivity contribution in [1.82, 2.24) is 0 Å². The minimum atomic E-state index is 0.0110. The van der Waals surface area contributed by atoms with Crippen LogP contribution in [0.3, 0.4) is 0 Å². The van der Waals surface area contributed by atoms with Gasteiger partial charge in [0.25, 0.3) is 5.91 Å². The minimum absolute atomic E-state index is 0.0110. The summed E-state index contributed by atoms with van der Waals surface area (Å²) in [5.74, 6) is 1.32. The molecule has 2 aromatic rings. The Bertz CT molecular complexity index is 688. The summed E-state index contributed by atoms with van der Waals surface area (Å²) in [4.78, 5) is 15.2. The predicted octanol–water partition coefficient (Wildman–Crippen LogP) is 2.12. The summed E-state index contributed by atoms with van der Waals surface area (Å²) in [5.41, 5.74) is 0.676. The fraction of sp³-hybridized carbons (Fsp3) is 0.389. The number of carbonyl (C=O) groups is 1. The van der Waals surface area contributed by atoms with E-state index in [4.69, 9.17) is 9.47 Å².